The van der Waals surface area contributed by atoms with Gasteiger partial charge in [-0.3, -0.25) is 4.79 Å². The minimum Gasteiger partial charge on any atom is -0.504 e. The first-order valence-electron chi connectivity index (χ1n) is 10.1. The van der Waals surface area contributed by atoms with Gasteiger partial charge in [0.25, 0.3) is 0 Å². The molecule has 1 fully saturated rings. The lowest BCUT2D eigenvalue weighted by Crippen LogP contribution is -2.35. The Balaban J connectivity index is 1.88. The van der Waals surface area contributed by atoms with Gasteiger partial charge in [0.05, 0.1) is 12.0 Å². The van der Waals surface area contributed by atoms with Crippen molar-refractivity contribution in [3.05, 3.63) is 55.1 Å². The van der Waals surface area contributed by atoms with Crippen LogP contribution in [0.2, 0.25) is 0 Å². The zero-order chi connectivity index (χ0) is 22.0. The highest BCUT2D eigenvalue weighted by Crippen LogP contribution is 2.40. The molecule has 1 aliphatic rings. The van der Waals surface area contributed by atoms with E-state index >= 15 is 0 Å². The molecule has 0 amide bonds. The quantitative estimate of drug-likeness (QED) is 0.346. The molecule has 0 aliphatic heterocycles. The number of esters is 2. The van der Waals surface area contributed by atoms with E-state index in [-0.39, 0.29) is 30.9 Å². The largest absolute Gasteiger partial charge is 0.504 e. The van der Waals surface area contributed by atoms with Gasteiger partial charge in [0.15, 0.2) is 11.5 Å². The van der Waals surface area contributed by atoms with Crippen molar-refractivity contribution in [1.82, 2.24) is 0 Å². The molecule has 0 saturated heterocycles. The molecular weight excluding hydrogens is 384 g/mol. The molecular formula is C24H30O6. The van der Waals surface area contributed by atoms with Crippen LogP contribution in [-0.4, -0.2) is 36.9 Å². The topological polar surface area (TPSA) is 82.1 Å². The maximum absolute atomic E-state index is 12.2. The molecule has 1 aromatic carbocycles. The fourth-order valence-electron chi connectivity index (χ4n) is 3.31. The summed E-state index contributed by atoms with van der Waals surface area (Å²) in [6, 6.07) is 4.88. The first kappa shape index (κ1) is 23.3. The van der Waals surface area contributed by atoms with E-state index in [1.807, 2.05) is 6.92 Å². The molecule has 0 spiro atoms. The summed E-state index contributed by atoms with van der Waals surface area (Å²) in [5.74, 6) is 0.0379. The third-order valence-corrected chi connectivity index (χ3v) is 5.25. The average Bonchev–Trinajstić information content (AvgIpc) is 2.75. The van der Waals surface area contributed by atoms with Crippen molar-refractivity contribution in [2.45, 2.75) is 32.6 Å². The predicted octanol–water partition coefficient (Wildman–Crippen LogP) is 4.44. The molecule has 1 saturated carbocycles. The number of aromatic hydroxyl groups is 1. The van der Waals surface area contributed by atoms with Crippen molar-refractivity contribution >= 4 is 18.0 Å². The van der Waals surface area contributed by atoms with E-state index in [2.05, 4.69) is 13.2 Å². The van der Waals surface area contributed by atoms with Crippen molar-refractivity contribution in [3.8, 4) is 11.5 Å². The van der Waals surface area contributed by atoms with E-state index in [9.17, 15) is 14.7 Å². The lowest BCUT2D eigenvalue weighted by atomic mass is 9.72. The molecule has 1 aliphatic carbocycles. The van der Waals surface area contributed by atoms with Crippen LogP contribution in [0.1, 0.15) is 38.2 Å². The number of carbonyl (C=O) groups excluding carboxylic acids is 2. The van der Waals surface area contributed by atoms with Crippen LogP contribution in [0.15, 0.2) is 49.6 Å². The van der Waals surface area contributed by atoms with Crippen molar-refractivity contribution in [2.24, 2.45) is 11.3 Å². The smallest absolute Gasteiger partial charge is 0.331 e. The van der Waals surface area contributed by atoms with Crippen LogP contribution in [0, 0.1) is 11.3 Å². The second-order valence-corrected chi connectivity index (χ2v) is 7.68. The second-order valence-electron chi connectivity index (χ2n) is 7.68. The van der Waals surface area contributed by atoms with Gasteiger partial charge in [-0.05, 0) is 62.3 Å². The van der Waals surface area contributed by atoms with E-state index in [1.54, 1.807) is 24.3 Å². The van der Waals surface area contributed by atoms with Crippen LogP contribution in [0.3, 0.4) is 0 Å². The van der Waals surface area contributed by atoms with Crippen LogP contribution in [0.4, 0.5) is 0 Å². The average molecular weight is 414 g/mol. The van der Waals surface area contributed by atoms with Crippen LogP contribution >= 0.6 is 0 Å². The maximum atomic E-state index is 12.2. The first-order chi connectivity index (χ1) is 14.4. The van der Waals surface area contributed by atoms with E-state index in [0.717, 1.165) is 25.7 Å². The Kier molecular flexibility index (Phi) is 8.71. The Morgan fingerprint density at radius 2 is 1.83 bits per heavy atom. The fraction of sp³-hybridized carbons (Fsp3) is 0.417. The first-order valence-corrected chi connectivity index (χ1v) is 10.1. The zero-order valence-corrected chi connectivity index (χ0v) is 17.5. The highest BCUT2D eigenvalue weighted by molar-refractivity contribution is 5.87. The Morgan fingerprint density at radius 3 is 2.50 bits per heavy atom. The molecule has 0 aromatic heterocycles. The predicted molar refractivity (Wildman–Crippen MR) is 115 cm³/mol. The number of hydrogen-bond donors (Lipinski definition) is 1. The summed E-state index contributed by atoms with van der Waals surface area (Å²) in [7, 11) is 0. The van der Waals surface area contributed by atoms with Gasteiger partial charge in [-0.15, -0.1) is 0 Å². The Labute approximate surface area is 177 Å². The summed E-state index contributed by atoms with van der Waals surface area (Å²) in [4.78, 5) is 23.8. The molecule has 0 radical (unpaired) electrons. The lowest BCUT2D eigenvalue weighted by Gasteiger charge is -2.35. The molecule has 2 rings (SSSR count). The number of carbonyl (C=O) groups is 2. The number of phenols is 1. The molecule has 0 heterocycles. The summed E-state index contributed by atoms with van der Waals surface area (Å²) in [6.07, 6.45) is 9.13. The highest BCUT2D eigenvalue weighted by atomic mass is 16.5. The molecule has 0 unspecified atom stereocenters. The van der Waals surface area contributed by atoms with E-state index in [0.29, 0.717) is 17.9 Å². The Bertz CT molecular complexity index is 787. The molecule has 6 heteroatoms. The molecule has 0 bridgehead atoms. The molecule has 1 N–H and O–H groups in total. The SMILES string of the molecule is C=CCOC(=O)/C=C/c1ccc(O)c(OCC2CCC(C)(C(=O)OCC=C)CC2)c1. The highest BCUT2D eigenvalue weighted by Gasteiger charge is 2.38. The van der Waals surface area contributed by atoms with Gasteiger partial charge in [0, 0.05) is 6.08 Å². The Morgan fingerprint density at radius 1 is 1.17 bits per heavy atom. The van der Waals surface area contributed by atoms with Gasteiger partial charge >= 0.3 is 11.9 Å². The van der Waals surface area contributed by atoms with E-state index in [1.165, 1.54) is 18.2 Å². The number of hydrogen-bond acceptors (Lipinski definition) is 6. The van der Waals surface area contributed by atoms with Crippen LogP contribution in [-0.2, 0) is 19.1 Å². The Hall–Kier alpha value is -3.02. The van der Waals surface area contributed by atoms with Crippen molar-refractivity contribution < 1.29 is 28.9 Å². The summed E-state index contributed by atoms with van der Waals surface area (Å²) < 4.78 is 15.9. The number of phenolic OH excluding ortho intramolecular Hbond substituents is 1. The van der Waals surface area contributed by atoms with Gasteiger partial charge in [-0.25, -0.2) is 4.79 Å². The number of benzene rings is 1. The third kappa shape index (κ3) is 6.79. The maximum Gasteiger partial charge on any atom is 0.331 e. The summed E-state index contributed by atoms with van der Waals surface area (Å²) in [5, 5.41) is 10.1. The monoisotopic (exact) mass is 414 g/mol. The van der Waals surface area contributed by atoms with Crippen LogP contribution < -0.4 is 4.74 Å². The van der Waals surface area contributed by atoms with Gasteiger partial charge in [0.2, 0.25) is 0 Å². The third-order valence-electron chi connectivity index (χ3n) is 5.25. The summed E-state index contributed by atoms with van der Waals surface area (Å²) >= 11 is 0. The molecule has 0 atom stereocenters. The number of rotatable bonds is 10. The van der Waals surface area contributed by atoms with Crippen molar-refractivity contribution in [3.63, 3.8) is 0 Å². The second kappa shape index (κ2) is 11.2. The minimum atomic E-state index is -0.470. The standard InChI is InChI=1S/C24H30O6/c1-4-14-28-22(26)9-7-18-6-8-20(25)21(16-18)30-17-19-10-12-24(3,13-11-19)23(27)29-15-5-2/h4-9,16,19,25H,1-2,10-15,17H2,3H3/b9-7+. The van der Waals surface area contributed by atoms with Gasteiger partial charge in [0.1, 0.15) is 13.2 Å². The summed E-state index contributed by atoms with van der Waals surface area (Å²) in [6.45, 7) is 9.82. The van der Waals surface area contributed by atoms with Gasteiger partial charge in [-0.1, -0.05) is 31.4 Å². The molecule has 1 aromatic rings. The molecule has 162 valence electrons. The lowest BCUT2D eigenvalue weighted by molar-refractivity contribution is -0.156. The fourth-order valence-corrected chi connectivity index (χ4v) is 3.31. The van der Waals surface area contributed by atoms with Gasteiger partial charge < -0.3 is 19.3 Å². The van der Waals surface area contributed by atoms with E-state index in [4.69, 9.17) is 14.2 Å². The van der Waals surface area contributed by atoms with Crippen LogP contribution in [0.25, 0.3) is 6.08 Å². The minimum absolute atomic E-state index is 0.0371. The van der Waals surface area contributed by atoms with Crippen molar-refractivity contribution in [1.29, 1.82) is 0 Å². The summed E-state index contributed by atoms with van der Waals surface area (Å²) in [5.41, 5.74) is 0.242. The number of ether oxygens (including phenoxy) is 3. The molecule has 30 heavy (non-hydrogen) atoms. The molecule has 6 nitrogen and oxygen atoms in total. The van der Waals surface area contributed by atoms with Gasteiger partial charge in [-0.2, -0.15) is 0 Å². The van der Waals surface area contributed by atoms with E-state index < -0.39 is 11.4 Å². The zero-order valence-electron chi connectivity index (χ0n) is 17.5. The van der Waals surface area contributed by atoms with Crippen LogP contribution in [0.5, 0.6) is 11.5 Å². The van der Waals surface area contributed by atoms with Crippen molar-refractivity contribution in [2.75, 3.05) is 19.8 Å². The normalized spacial score (nSPS) is 21.0.